The van der Waals surface area contributed by atoms with Gasteiger partial charge in [0.2, 0.25) is 0 Å². The Kier molecular flexibility index (Phi) is 5.09. The third kappa shape index (κ3) is 3.77. The van der Waals surface area contributed by atoms with Gasteiger partial charge in [-0.2, -0.15) is 0 Å². The lowest BCUT2D eigenvalue weighted by Gasteiger charge is -2.12. The van der Waals surface area contributed by atoms with Crippen molar-refractivity contribution >= 4 is 15.9 Å². The van der Waals surface area contributed by atoms with E-state index in [1.165, 1.54) is 6.07 Å². The van der Waals surface area contributed by atoms with E-state index in [1.807, 2.05) is 18.2 Å². The number of hydrogen-bond acceptors (Lipinski definition) is 2. The minimum atomic E-state index is -0.871. The summed E-state index contributed by atoms with van der Waals surface area (Å²) in [6.45, 7) is 0.689. The van der Waals surface area contributed by atoms with Crippen LogP contribution in [0.5, 0.6) is 5.75 Å². The maximum atomic E-state index is 13.1. The summed E-state index contributed by atoms with van der Waals surface area (Å²) in [5, 5.41) is 0. The first-order valence-electron chi connectivity index (χ1n) is 6.15. The molecule has 2 aromatic rings. The largest absolute Gasteiger partial charge is 0.489 e. The summed E-state index contributed by atoms with van der Waals surface area (Å²) >= 11 is 3.39. The number of rotatable bonds is 5. The molecule has 0 saturated carbocycles. The van der Waals surface area contributed by atoms with E-state index in [0.717, 1.165) is 22.2 Å². The number of benzene rings is 2. The van der Waals surface area contributed by atoms with Crippen LogP contribution in [0.4, 0.5) is 8.78 Å². The van der Waals surface area contributed by atoms with Gasteiger partial charge in [-0.1, -0.05) is 22.0 Å². The SMILES string of the molecule is NCCc1cc(Br)ccc1OCc1ccc(F)c(F)c1. The van der Waals surface area contributed by atoms with Gasteiger partial charge in [0.1, 0.15) is 12.4 Å². The predicted molar refractivity (Wildman–Crippen MR) is 77.6 cm³/mol. The van der Waals surface area contributed by atoms with Gasteiger partial charge in [-0.3, -0.25) is 0 Å². The highest BCUT2D eigenvalue weighted by atomic mass is 79.9. The van der Waals surface area contributed by atoms with E-state index in [9.17, 15) is 8.78 Å². The van der Waals surface area contributed by atoms with Crippen molar-refractivity contribution in [2.24, 2.45) is 5.73 Å². The Morgan fingerprint density at radius 2 is 1.85 bits per heavy atom. The molecule has 20 heavy (non-hydrogen) atoms. The monoisotopic (exact) mass is 341 g/mol. The molecule has 0 spiro atoms. The zero-order valence-electron chi connectivity index (χ0n) is 10.7. The number of halogens is 3. The van der Waals surface area contributed by atoms with Crippen LogP contribution >= 0.6 is 15.9 Å². The summed E-state index contributed by atoms with van der Waals surface area (Å²) in [4.78, 5) is 0. The highest BCUT2D eigenvalue weighted by Crippen LogP contribution is 2.24. The van der Waals surface area contributed by atoms with Gasteiger partial charge in [0, 0.05) is 4.47 Å². The summed E-state index contributed by atoms with van der Waals surface area (Å²) in [5.74, 6) is -1.03. The molecule has 106 valence electrons. The van der Waals surface area contributed by atoms with Crippen LogP contribution in [-0.4, -0.2) is 6.54 Å². The third-order valence-electron chi connectivity index (χ3n) is 2.81. The Balaban J connectivity index is 2.11. The molecule has 0 aromatic heterocycles. The van der Waals surface area contributed by atoms with Crippen molar-refractivity contribution in [3.8, 4) is 5.75 Å². The van der Waals surface area contributed by atoms with Crippen molar-refractivity contribution < 1.29 is 13.5 Å². The first kappa shape index (κ1) is 14.9. The molecule has 0 unspecified atom stereocenters. The van der Waals surface area contributed by atoms with Gasteiger partial charge in [-0.05, 0) is 54.4 Å². The summed E-state index contributed by atoms with van der Waals surface area (Å²) in [7, 11) is 0. The van der Waals surface area contributed by atoms with Crippen LogP contribution in [0.15, 0.2) is 40.9 Å². The second kappa shape index (κ2) is 6.81. The average Bonchev–Trinajstić information content (AvgIpc) is 2.42. The first-order chi connectivity index (χ1) is 9.60. The van der Waals surface area contributed by atoms with Crippen LogP contribution in [0.2, 0.25) is 0 Å². The van der Waals surface area contributed by atoms with Crippen molar-refractivity contribution in [1.82, 2.24) is 0 Å². The lowest BCUT2D eigenvalue weighted by atomic mass is 10.1. The zero-order chi connectivity index (χ0) is 14.5. The van der Waals surface area contributed by atoms with Crippen LogP contribution < -0.4 is 10.5 Å². The smallest absolute Gasteiger partial charge is 0.159 e. The van der Waals surface area contributed by atoms with E-state index in [0.29, 0.717) is 24.3 Å². The average molecular weight is 342 g/mol. The Labute approximate surface area is 124 Å². The lowest BCUT2D eigenvalue weighted by molar-refractivity contribution is 0.302. The van der Waals surface area contributed by atoms with Gasteiger partial charge in [-0.25, -0.2) is 8.78 Å². The van der Waals surface area contributed by atoms with Crippen LogP contribution in [0.25, 0.3) is 0 Å². The summed E-state index contributed by atoms with van der Waals surface area (Å²) in [6.07, 6.45) is 0.687. The van der Waals surface area contributed by atoms with Crippen molar-refractivity contribution in [1.29, 1.82) is 0 Å². The summed E-state index contributed by atoms with van der Waals surface area (Å²) < 4.78 is 32.5. The van der Waals surface area contributed by atoms with Crippen molar-refractivity contribution in [3.63, 3.8) is 0 Å². The van der Waals surface area contributed by atoms with Gasteiger partial charge in [0.25, 0.3) is 0 Å². The quantitative estimate of drug-likeness (QED) is 0.897. The van der Waals surface area contributed by atoms with Gasteiger partial charge in [-0.15, -0.1) is 0 Å². The molecule has 0 radical (unpaired) electrons. The molecule has 0 aliphatic rings. The van der Waals surface area contributed by atoms with Crippen molar-refractivity contribution in [2.75, 3.05) is 6.54 Å². The van der Waals surface area contributed by atoms with E-state index >= 15 is 0 Å². The van der Waals surface area contributed by atoms with Crippen molar-refractivity contribution in [2.45, 2.75) is 13.0 Å². The second-order valence-electron chi connectivity index (χ2n) is 4.33. The first-order valence-corrected chi connectivity index (χ1v) is 6.94. The molecule has 0 aliphatic carbocycles. The maximum Gasteiger partial charge on any atom is 0.159 e. The molecule has 2 rings (SSSR count). The van der Waals surface area contributed by atoms with E-state index in [-0.39, 0.29) is 6.61 Å². The fraction of sp³-hybridized carbons (Fsp3) is 0.200. The van der Waals surface area contributed by atoms with E-state index in [2.05, 4.69) is 15.9 Å². The van der Waals surface area contributed by atoms with Gasteiger partial charge < -0.3 is 10.5 Å². The van der Waals surface area contributed by atoms with E-state index in [4.69, 9.17) is 10.5 Å². The fourth-order valence-electron chi connectivity index (χ4n) is 1.83. The van der Waals surface area contributed by atoms with Gasteiger partial charge in [0.05, 0.1) is 0 Å². The standard InChI is InChI=1S/C15H14BrF2NO/c16-12-2-4-15(11(8-12)5-6-19)20-9-10-1-3-13(17)14(18)7-10/h1-4,7-8H,5-6,9,19H2. The molecule has 2 aromatic carbocycles. The second-order valence-corrected chi connectivity index (χ2v) is 5.24. The minimum absolute atomic E-state index is 0.177. The van der Waals surface area contributed by atoms with Gasteiger partial charge in [0.15, 0.2) is 11.6 Å². The third-order valence-corrected chi connectivity index (χ3v) is 3.31. The molecule has 2 N–H and O–H groups in total. The summed E-state index contributed by atoms with van der Waals surface area (Å²) in [6, 6.07) is 9.36. The number of nitrogens with two attached hydrogens (primary N) is 1. The van der Waals surface area contributed by atoms with Gasteiger partial charge >= 0.3 is 0 Å². The van der Waals surface area contributed by atoms with E-state index < -0.39 is 11.6 Å². The molecule has 0 aliphatic heterocycles. The highest BCUT2D eigenvalue weighted by Gasteiger charge is 2.06. The molecule has 0 fully saturated rings. The van der Waals surface area contributed by atoms with Crippen molar-refractivity contribution in [3.05, 3.63) is 63.6 Å². The Morgan fingerprint density at radius 3 is 2.55 bits per heavy atom. The molecule has 0 amide bonds. The van der Waals surface area contributed by atoms with Crippen LogP contribution in [-0.2, 0) is 13.0 Å². The number of hydrogen-bond donors (Lipinski definition) is 1. The highest BCUT2D eigenvalue weighted by molar-refractivity contribution is 9.10. The maximum absolute atomic E-state index is 13.1. The molecular formula is C15H14BrF2NO. The zero-order valence-corrected chi connectivity index (χ0v) is 12.3. The molecule has 0 saturated heterocycles. The molecule has 0 atom stereocenters. The Morgan fingerprint density at radius 1 is 1.05 bits per heavy atom. The lowest BCUT2D eigenvalue weighted by Crippen LogP contribution is -2.05. The fourth-order valence-corrected chi connectivity index (χ4v) is 2.24. The summed E-state index contributed by atoms with van der Waals surface area (Å²) in [5.41, 5.74) is 7.11. The number of ether oxygens (including phenoxy) is 1. The molecule has 0 heterocycles. The molecule has 2 nitrogen and oxygen atoms in total. The van der Waals surface area contributed by atoms with Crippen LogP contribution in [0, 0.1) is 11.6 Å². The minimum Gasteiger partial charge on any atom is -0.489 e. The Bertz CT molecular complexity index is 604. The van der Waals surface area contributed by atoms with Crippen LogP contribution in [0.1, 0.15) is 11.1 Å². The van der Waals surface area contributed by atoms with E-state index in [1.54, 1.807) is 0 Å². The molecule has 5 heteroatoms. The predicted octanol–water partition coefficient (Wildman–Crippen LogP) is 3.81. The topological polar surface area (TPSA) is 35.2 Å². The normalized spacial score (nSPS) is 10.6. The Hall–Kier alpha value is -1.46. The molecule has 0 bridgehead atoms. The van der Waals surface area contributed by atoms with Crippen LogP contribution in [0.3, 0.4) is 0 Å². The molecular weight excluding hydrogens is 328 g/mol.